The van der Waals surface area contributed by atoms with E-state index >= 15 is 0 Å². The number of hydrogen-bond acceptors (Lipinski definition) is 3. The van der Waals surface area contributed by atoms with Crippen LogP contribution in [0.5, 0.6) is 11.5 Å². The summed E-state index contributed by atoms with van der Waals surface area (Å²) >= 11 is 0. The van der Waals surface area contributed by atoms with E-state index in [0.29, 0.717) is 17.2 Å². The summed E-state index contributed by atoms with van der Waals surface area (Å²) in [5, 5.41) is 11.7. The number of fused-ring (bicyclic) bond motifs is 2. The number of carbonyl (C=O) groups is 2. The van der Waals surface area contributed by atoms with Gasteiger partial charge in [0.15, 0.2) is 5.75 Å². The number of aryl methyl sites for hydroxylation is 1. The number of carboxylic acid groups (broad SMARTS) is 1. The summed E-state index contributed by atoms with van der Waals surface area (Å²) in [5.74, 6) is -0.591. The van der Waals surface area contributed by atoms with Gasteiger partial charge in [0, 0.05) is 0 Å². The molecule has 1 aliphatic heterocycles. The van der Waals surface area contributed by atoms with Crippen LogP contribution in [-0.2, 0) is 0 Å². The molecule has 0 atom stereocenters. The van der Waals surface area contributed by atoms with E-state index in [-0.39, 0.29) is 17.0 Å². The van der Waals surface area contributed by atoms with Crippen LogP contribution in [0.15, 0.2) is 36.4 Å². The first-order valence-electron chi connectivity index (χ1n) is 6.02. The van der Waals surface area contributed by atoms with Crippen LogP contribution in [0.25, 0.3) is 0 Å². The first-order valence-corrected chi connectivity index (χ1v) is 6.02. The molecular weight excluding hydrogens is 258 g/mol. The van der Waals surface area contributed by atoms with Crippen LogP contribution in [0, 0.1) is 6.92 Å². The number of carboxylic acids is 1. The SMILES string of the molecule is Cc1ccc2c(c1)NC(=O)c1cc(C(=O)O)ccc1O2. The van der Waals surface area contributed by atoms with Crippen LogP contribution in [0.2, 0.25) is 0 Å². The smallest absolute Gasteiger partial charge is 0.335 e. The molecule has 100 valence electrons. The van der Waals surface area contributed by atoms with Crippen molar-refractivity contribution in [3.63, 3.8) is 0 Å². The van der Waals surface area contributed by atoms with Crippen molar-refractivity contribution in [2.24, 2.45) is 0 Å². The van der Waals surface area contributed by atoms with Gasteiger partial charge >= 0.3 is 5.97 Å². The maximum absolute atomic E-state index is 12.2. The number of carbonyl (C=O) groups excluding carboxylic acids is 1. The van der Waals surface area contributed by atoms with Crippen molar-refractivity contribution in [2.45, 2.75) is 6.92 Å². The molecule has 0 saturated carbocycles. The van der Waals surface area contributed by atoms with E-state index in [2.05, 4.69) is 5.32 Å². The molecule has 5 nitrogen and oxygen atoms in total. The molecule has 5 heteroatoms. The van der Waals surface area contributed by atoms with Crippen LogP contribution >= 0.6 is 0 Å². The van der Waals surface area contributed by atoms with Crippen molar-refractivity contribution in [1.29, 1.82) is 0 Å². The zero-order chi connectivity index (χ0) is 14.3. The van der Waals surface area contributed by atoms with E-state index in [1.807, 2.05) is 13.0 Å². The summed E-state index contributed by atoms with van der Waals surface area (Å²) in [4.78, 5) is 23.1. The lowest BCUT2D eigenvalue weighted by Gasteiger charge is -2.08. The Morgan fingerprint density at radius 2 is 1.90 bits per heavy atom. The molecule has 2 aromatic rings. The van der Waals surface area contributed by atoms with Crippen molar-refractivity contribution in [3.8, 4) is 11.5 Å². The molecule has 20 heavy (non-hydrogen) atoms. The second-order valence-electron chi connectivity index (χ2n) is 4.57. The number of nitrogens with one attached hydrogen (secondary N) is 1. The van der Waals surface area contributed by atoms with Crippen molar-refractivity contribution in [1.82, 2.24) is 0 Å². The molecule has 3 rings (SSSR count). The zero-order valence-electron chi connectivity index (χ0n) is 10.6. The molecule has 1 heterocycles. The summed E-state index contributed by atoms with van der Waals surface area (Å²) < 4.78 is 5.69. The molecule has 0 unspecified atom stereocenters. The summed E-state index contributed by atoms with van der Waals surface area (Å²) in [6.07, 6.45) is 0. The largest absolute Gasteiger partial charge is 0.478 e. The molecular formula is C15H11NO4. The Kier molecular flexibility index (Phi) is 2.68. The van der Waals surface area contributed by atoms with E-state index in [1.54, 1.807) is 12.1 Å². The van der Waals surface area contributed by atoms with Gasteiger partial charge in [-0.1, -0.05) is 6.07 Å². The van der Waals surface area contributed by atoms with Crippen molar-refractivity contribution < 1.29 is 19.4 Å². The van der Waals surface area contributed by atoms with Gasteiger partial charge in [-0.2, -0.15) is 0 Å². The van der Waals surface area contributed by atoms with Gasteiger partial charge in [0.05, 0.1) is 16.8 Å². The van der Waals surface area contributed by atoms with Crippen molar-refractivity contribution >= 4 is 17.6 Å². The second kappa shape index (κ2) is 4.38. The van der Waals surface area contributed by atoms with E-state index in [0.717, 1.165) is 5.56 Å². The standard InChI is InChI=1S/C15H11NO4/c1-8-2-4-13-11(6-8)16-14(17)10-7-9(15(18)19)3-5-12(10)20-13/h2-7H,1H3,(H,16,17)(H,18,19). The van der Waals surface area contributed by atoms with E-state index in [9.17, 15) is 9.59 Å². The number of rotatable bonds is 1. The number of benzene rings is 2. The molecule has 0 fully saturated rings. The maximum atomic E-state index is 12.2. The van der Waals surface area contributed by atoms with Gasteiger partial charge in [-0.25, -0.2) is 4.79 Å². The molecule has 1 aliphatic rings. The number of amides is 1. The Morgan fingerprint density at radius 1 is 1.15 bits per heavy atom. The minimum atomic E-state index is -1.08. The fraction of sp³-hybridized carbons (Fsp3) is 0.0667. The Morgan fingerprint density at radius 3 is 2.65 bits per heavy atom. The molecule has 0 aromatic heterocycles. The molecule has 2 N–H and O–H groups in total. The lowest BCUT2D eigenvalue weighted by atomic mass is 10.1. The minimum Gasteiger partial charge on any atom is -0.478 e. The number of anilines is 1. The lowest BCUT2D eigenvalue weighted by Crippen LogP contribution is -2.11. The van der Waals surface area contributed by atoms with E-state index < -0.39 is 5.97 Å². The molecule has 0 radical (unpaired) electrons. The number of aromatic carboxylic acids is 1. The highest BCUT2D eigenvalue weighted by atomic mass is 16.5. The van der Waals surface area contributed by atoms with Crippen molar-refractivity contribution in [2.75, 3.05) is 5.32 Å². The molecule has 1 amide bonds. The van der Waals surface area contributed by atoms with Crippen molar-refractivity contribution in [3.05, 3.63) is 53.1 Å². The lowest BCUT2D eigenvalue weighted by molar-refractivity contribution is 0.0697. The van der Waals surface area contributed by atoms with Gasteiger partial charge in [0.25, 0.3) is 5.91 Å². The molecule has 0 spiro atoms. The summed E-state index contributed by atoms with van der Waals surface area (Å²) in [7, 11) is 0. The van der Waals surface area contributed by atoms with Crippen LogP contribution < -0.4 is 10.1 Å². The molecule has 0 aliphatic carbocycles. The second-order valence-corrected chi connectivity index (χ2v) is 4.57. The third-order valence-corrected chi connectivity index (χ3v) is 3.07. The Labute approximate surface area is 114 Å². The van der Waals surface area contributed by atoms with Gasteiger partial charge in [0.1, 0.15) is 5.75 Å². The Balaban J connectivity index is 2.12. The zero-order valence-corrected chi connectivity index (χ0v) is 10.6. The highest BCUT2D eigenvalue weighted by Crippen LogP contribution is 2.36. The molecule has 2 aromatic carbocycles. The minimum absolute atomic E-state index is 0.0460. The number of hydrogen-bond donors (Lipinski definition) is 2. The Hall–Kier alpha value is -2.82. The highest BCUT2D eigenvalue weighted by Gasteiger charge is 2.22. The quantitative estimate of drug-likeness (QED) is 0.834. The van der Waals surface area contributed by atoms with Crippen LogP contribution in [0.3, 0.4) is 0 Å². The van der Waals surface area contributed by atoms with E-state index in [1.165, 1.54) is 18.2 Å². The van der Waals surface area contributed by atoms with Gasteiger partial charge in [-0.05, 0) is 42.8 Å². The summed E-state index contributed by atoms with van der Waals surface area (Å²) in [6.45, 7) is 1.91. The monoisotopic (exact) mass is 269 g/mol. The predicted octanol–water partition coefficient (Wildman–Crippen LogP) is 3.05. The van der Waals surface area contributed by atoms with Crippen LogP contribution in [0.1, 0.15) is 26.3 Å². The third kappa shape index (κ3) is 1.99. The van der Waals surface area contributed by atoms with Gasteiger partial charge in [-0.3, -0.25) is 4.79 Å². The summed E-state index contributed by atoms with van der Waals surface area (Å²) in [5.41, 5.74) is 1.82. The topological polar surface area (TPSA) is 75.6 Å². The fourth-order valence-electron chi connectivity index (χ4n) is 2.07. The van der Waals surface area contributed by atoms with E-state index in [4.69, 9.17) is 9.84 Å². The number of ether oxygens (including phenoxy) is 1. The van der Waals surface area contributed by atoms with Gasteiger partial charge in [-0.15, -0.1) is 0 Å². The predicted molar refractivity (Wildman–Crippen MR) is 72.6 cm³/mol. The molecule has 0 bridgehead atoms. The fourth-order valence-corrected chi connectivity index (χ4v) is 2.07. The van der Waals surface area contributed by atoms with Crippen LogP contribution in [-0.4, -0.2) is 17.0 Å². The third-order valence-electron chi connectivity index (χ3n) is 3.07. The first-order chi connectivity index (χ1) is 9.54. The first kappa shape index (κ1) is 12.2. The maximum Gasteiger partial charge on any atom is 0.335 e. The van der Waals surface area contributed by atoms with Crippen LogP contribution in [0.4, 0.5) is 5.69 Å². The Bertz CT molecular complexity index is 737. The highest BCUT2D eigenvalue weighted by molar-refractivity contribution is 6.09. The van der Waals surface area contributed by atoms with Gasteiger partial charge < -0.3 is 15.2 Å². The average molecular weight is 269 g/mol. The van der Waals surface area contributed by atoms with Gasteiger partial charge in [0.2, 0.25) is 0 Å². The molecule has 0 saturated heterocycles. The summed E-state index contributed by atoms with van der Waals surface area (Å²) in [6, 6.07) is 9.66. The average Bonchev–Trinajstić information content (AvgIpc) is 2.54. The normalized spacial score (nSPS) is 12.6.